The van der Waals surface area contributed by atoms with E-state index in [4.69, 9.17) is 14.3 Å². The Bertz CT molecular complexity index is 449. The van der Waals surface area contributed by atoms with Crippen LogP contribution in [0.1, 0.15) is 5.56 Å². The number of rotatable bonds is 3. The first-order valence-corrected chi connectivity index (χ1v) is 5.80. The number of halogens is 1. The second-order valence-corrected chi connectivity index (χ2v) is 4.40. The number of benzene rings is 1. The molecular formula is C11H12BrNO4. The molecule has 5 nitrogen and oxygen atoms in total. The minimum absolute atomic E-state index is 0.132. The van der Waals surface area contributed by atoms with Crippen LogP contribution in [0, 0.1) is 0 Å². The van der Waals surface area contributed by atoms with Crippen LogP contribution < -0.4 is 9.47 Å². The van der Waals surface area contributed by atoms with E-state index in [-0.39, 0.29) is 19.1 Å². The summed E-state index contributed by atoms with van der Waals surface area (Å²) in [5, 5.41) is 1.19. The van der Waals surface area contributed by atoms with Gasteiger partial charge in [0.15, 0.2) is 11.5 Å². The lowest BCUT2D eigenvalue weighted by Crippen LogP contribution is -2.27. The smallest absolute Gasteiger partial charge is 0.250 e. The molecule has 0 radical (unpaired) electrons. The molecule has 0 bridgehead atoms. The highest BCUT2D eigenvalue weighted by molar-refractivity contribution is 9.10. The fraction of sp³-hybridized carbons (Fsp3) is 0.364. The number of carbonyl (C=O) groups is 1. The summed E-state index contributed by atoms with van der Waals surface area (Å²) in [5.74, 6) is 1.22. The highest BCUT2D eigenvalue weighted by atomic mass is 79.9. The summed E-state index contributed by atoms with van der Waals surface area (Å²) < 4.78 is 11.3. The molecule has 1 amide bonds. The second-order valence-electron chi connectivity index (χ2n) is 3.55. The number of hydrogen-bond acceptors (Lipinski definition) is 4. The topological polar surface area (TPSA) is 48.0 Å². The van der Waals surface area contributed by atoms with Crippen molar-refractivity contribution in [2.45, 2.75) is 6.42 Å². The lowest BCUT2D eigenvalue weighted by atomic mass is 10.1. The number of ether oxygens (including phenoxy) is 2. The first-order valence-electron chi connectivity index (χ1n) is 5.00. The van der Waals surface area contributed by atoms with Gasteiger partial charge in [-0.2, -0.15) is 0 Å². The van der Waals surface area contributed by atoms with Gasteiger partial charge >= 0.3 is 0 Å². The molecule has 0 unspecified atom stereocenters. The monoisotopic (exact) mass is 301 g/mol. The highest BCUT2D eigenvalue weighted by Gasteiger charge is 2.18. The zero-order chi connectivity index (χ0) is 12.4. The zero-order valence-corrected chi connectivity index (χ0v) is 11.1. The Labute approximate surface area is 107 Å². The summed E-state index contributed by atoms with van der Waals surface area (Å²) in [6.07, 6.45) is 0.238. The Morgan fingerprint density at radius 2 is 2.12 bits per heavy atom. The van der Waals surface area contributed by atoms with E-state index in [1.807, 2.05) is 0 Å². The normalized spacial score (nSPS) is 12.6. The number of amides is 1. The standard InChI is InChI=1S/C11H12BrNO4/c1-13(15-2)11(14)4-7-3-9-10(5-8(7)12)17-6-16-9/h3,5H,4,6H2,1-2H3. The SMILES string of the molecule is CON(C)C(=O)Cc1cc2c(cc1Br)OCO2. The van der Waals surface area contributed by atoms with E-state index in [1.165, 1.54) is 12.2 Å². The summed E-state index contributed by atoms with van der Waals surface area (Å²) in [7, 11) is 3.02. The van der Waals surface area contributed by atoms with Crippen molar-refractivity contribution in [2.24, 2.45) is 0 Å². The largest absolute Gasteiger partial charge is 0.454 e. The molecule has 1 aliphatic heterocycles. The maximum Gasteiger partial charge on any atom is 0.250 e. The molecule has 0 saturated carbocycles. The van der Waals surface area contributed by atoms with Crippen molar-refractivity contribution in [2.75, 3.05) is 21.0 Å². The fourth-order valence-electron chi connectivity index (χ4n) is 1.47. The molecule has 1 aliphatic rings. The van der Waals surface area contributed by atoms with Crippen LogP contribution in [0.3, 0.4) is 0 Å². The van der Waals surface area contributed by atoms with Gasteiger partial charge in [-0.3, -0.25) is 9.63 Å². The third-order valence-electron chi connectivity index (χ3n) is 2.51. The van der Waals surface area contributed by atoms with E-state index in [0.717, 1.165) is 10.0 Å². The minimum atomic E-state index is -0.132. The molecule has 17 heavy (non-hydrogen) atoms. The van der Waals surface area contributed by atoms with E-state index in [1.54, 1.807) is 19.2 Å². The van der Waals surface area contributed by atoms with Crippen molar-refractivity contribution in [1.29, 1.82) is 0 Å². The molecule has 1 aromatic carbocycles. The quantitative estimate of drug-likeness (QED) is 0.798. The molecule has 1 heterocycles. The first kappa shape index (κ1) is 12.2. The van der Waals surface area contributed by atoms with Crippen LogP contribution in [0.4, 0.5) is 0 Å². The second kappa shape index (κ2) is 4.93. The highest BCUT2D eigenvalue weighted by Crippen LogP contribution is 2.37. The van der Waals surface area contributed by atoms with E-state index in [2.05, 4.69) is 15.9 Å². The van der Waals surface area contributed by atoms with Gasteiger partial charge in [-0.15, -0.1) is 0 Å². The molecule has 0 atom stereocenters. The summed E-state index contributed by atoms with van der Waals surface area (Å²) in [6.45, 7) is 0.219. The first-order chi connectivity index (χ1) is 8.11. The van der Waals surface area contributed by atoms with Crippen LogP contribution in [0.2, 0.25) is 0 Å². The van der Waals surface area contributed by atoms with Gasteiger partial charge in [-0.25, -0.2) is 5.06 Å². The van der Waals surface area contributed by atoms with Crippen LogP contribution >= 0.6 is 15.9 Å². The summed E-state index contributed by atoms with van der Waals surface area (Å²) in [4.78, 5) is 16.5. The van der Waals surface area contributed by atoms with Crippen molar-refractivity contribution >= 4 is 21.8 Å². The van der Waals surface area contributed by atoms with Crippen molar-refractivity contribution < 1.29 is 19.1 Å². The average molecular weight is 302 g/mol. The Kier molecular flexibility index (Phi) is 3.54. The average Bonchev–Trinajstić information content (AvgIpc) is 2.75. The minimum Gasteiger partial charge on any atom is -0.454 e. The van der Waals surface area contributed by atoms with E-state index in [0.29, 0.717) is 11.5 Å². The van der Waals surface area contributed by atoms with Crippen molar-refractivity contribution in [3.63, 3.8) is 0 Å². The Hall–Kier alpha value is -1.27. The third kappa shape index (κ3) is 2.53. The number of hydrogen-bond donors (Lipinski definition) is 0. The van der Waals surface area contributed by atoms with Crippen LogP contribution in [0.25, 0.3) is 0 Å². The van der Waals surface area contributed by atoms with Gasteiger partial charge < -0.3 is 9.47 Å². The number of carbonyl (C=O) groups excluding carboxylic acids is 1. The van der Waals surface area contributed by atoms with Crippen molar-refractivity contribution in [3.05, 3.63) is 22.2 Å². The van der Waals surface area contributed by atoms with Gasteiger partial charge in [0.25, 0.3) is 0 Å². The molecule has 1 aromatic rings. The molecule has 0 aromatic heterocycles. The molecular weight excluding hydrogens is 290 g/mol. The van der Waals surface area contributed by atoms with Gasteiger partial charge in [0.05, 0.1) is 13.5 Å². The lowest BCUT2D eigenvalue weighted by molar-refractivity contribution is -0.167. The molecule has 0 saturated heterocycles. The number of hydroxylamine groups is 2. The van der Waals surface area contributed by atoms with Gasteiger partial charge in [0, 0.05) is 11.5 Å². The summed E-state index contributed by atoms with van der Waals surface area (Å²) in [5.41, 5.74) is 0.836. The van der Waals surface area contributed by atoms with Crippen molar-refractivity contribution in [3.8, 4) is 11.5 Å². The Morgan fingerprint density at radius 1 is 1.47 bits per heavy atom. The van der Waals surface area contributed by atoms with E-state index >= 15 is 0 Å². The molecule has 0 aliphatic carbocycles. The van der Waals surface area contributed by atoms with Crippen LogP contribution in [0.15, 0.2) is 16.6 Å². The molecule has 2 rings (SSSR count). The molecule has 92 valence electrons. The predicted molar refractivity (Wildman–Crippen MR) is 63.7 cm³/mol. The Morgan fingerprint density at radius 3 is 2.76 bits per heavy atom. The number of likely N-dealkylation sites (N-methyl/N-ethyl adjacent to an activating group) is 1. The van der Waals surface area contributed by atoms with Crippen LogP contribution in [0.5, 0.6) is 11.5 Å². The number of nitrogens with zero attached hydrogens (tertiary/aromatic N) is 1. The van der Waals surface area contributed by atoms with Gasteiger partial charge in [-0.05, 0) is 17.7 Å². The lowest BCUT2D eigenvalue weighted by Gasteiger charge is -2.14. The van der Waals surface area contributed by atoms with Gasteiger partial charge in [-0.1, -0.05) is 15.9 Å². The maximum absolute atomic E-state index is 11.7. The molecule has 0 spiro atoms. The summed E-state index contributed by atoms with van der Waals surface area (Å²) >= 11 is 3.40. The Balaban J connectivity index is 2.19. The maximum atomic E-state index is 11.7. The van der Waals surface area contributed by atoms with E-state index in [9.17, 15) is 4.79 Å². The van der Waals surface area contributed by atoms with E-state index < -0.39 is 0 Å². The summed E-state index contributed by atoms with van der Waals surface area (Å²) in [6, 6.07) is 3.60. The fourth-order valence-corrected chi connectivity index (χ4v) is 1.93. The number of fused-ring (bicyclic) bond motifs is 1. The van der Waals surface area contributed by atoms with Crippen LogP contribution in [-0.4, -0.2) is 31.9 Å². The predicted octanol–water partition coefficient (Wildman–Crippen LogP) is 1.74. The molecule has 6 heteroatoms. The van der Waals surface area contributed by atoms with Gasteiger partial charge in [0.1, 0.15) is 0 Å². The van der Waals surface area contributed by atoms with Gasteiger partial charge in [0.2, 0.25) is 12.7 Å². The molecule has 0 N–H and O–H groups in total. The zero-order valence-electron chi connectivity index (χ0n) is 9.53. The van der Waals surface area contributed by atoms with Crippen molar-refractivity contribution in [1.82, 2.24) is 5.06 Å². The third-order valence-corrected chi connectivity index (χ3v) is 3.25. The van der Waals surface area contributed by atoms with Crippen LogP contribution in [-0.2, 0) is 16.1 Å². The molecule has 0 fully saturated rings.